The lowest BCUT2D eigenvalue weighted by atomic mass is 10.1. The van der Waals surface area contributed by atoms with Gasteiger partial charge in [0.1, 0.15) is 12.3 Å². The molecule has 2 aromatic carbocycles. The van der Waals surface area contributed by atoms with Crippen molar-refractivity contribution in [2.24, 2.45) is 0 Å². The first kappa shape index (κ1) is 20.7. The molecule has 2 N–H and O–H groups in total. The highest BCUT2D eigenvalue weighted by molar-refractivity contribution is 8.00. The topological polar surface area (TPSA) is 42.8 Å². The molecule has 3 rings (SSSR count). The van der Waals surface area contributed by atoms with E-state index in [9.17, 15) is 4.79 Å². The van der Waals surface area contributed by atoms with Crippen LogP contribution in [0.1, 0.15) is 37.3 Å². The number of hydrogen-bond acceptors (Lipinski definition) is 3. The number of nitrogens with one attached hydrogen (secondary N) is 2. The van der Waals surface area contributed by atoms with Gasteiger partial charge in [-0.15, -0.1) is 11.8 Å². The van der Waals surface area contributed by atoms with E-state index in [1.807, 2.05) is 31.2 Å². The molecule has 0 aromatic heterocycles. The summed E-state index contributed by atoms with van der Waals surface area (Å²) in [6, 6.07) is 16.6. The van der Waals surface area contributed by atoms with Crippen LogP contribution in [0.15, 0.2) is 53.4 Å². The van der Waals surface area contributed by atoms with Crippen LogP contribution in [0.25, 0.3) is 0 Å². The lowest BCUT2D eigenvalue weighted by molar-refractivity contribution is -0.918. The molecule has 1 saturated heterocycles. The zero-order chi connectivity index (χ0) is 19.6. The van der Waals surface area contributed by atoms with E-state index in [-0.39, 0.29) is 5.91 Å². The van der Waals surface area contributed by atoms with Gasteiger partial charge in [-0.25, -0.2) is 0 Å². The summed E-state index contributed by atoms with van der Waals surface area (Å²) in [4.78, 5) is 14.9. The Labute approximate surface area is 172 Å². The predicted molar refractivity (Wildman–Crippen MR) is 115 cm³/mol. The number of rotatable bonds is 9. The summed E-state index contributed by atoms with van der Waals surface area (Å²) < 4.78 is 5.43. The van der Waals surface area contributed by atoms with Gasteiger partial charge in [-0.2, -0.15) is 0 Å². The second-order valence-corrected chi connectivity index (χ2v) is 8.32. The van der Waals surface area contributed by atoms with Crippen molar-refractivity contribution in [2.75, 3.05) is 25.4 Å². The minimum absolute atomic E-state index is 0.0562. The largest absolute Gasteiger partial charge is 0.494 e. The van der Waals surface area contributed by atoms with E-state index in [0.717, 1.165) is 22.8 Å². The molecule has 0 atom stereocenters. The number of quaternary nitrogens is 1. The molecule has 150 valence electrons. The first-order chi connectivity index (χ1) is 13.7. The highest BCUT2D eigenvalue weighted by Crippen LogP contribution is 2.21. The van der Waals surface area contributed by atoms with E-state index in [1.54, 1.807) is 16.7 Å². The average Bonchev–Trinajstić information content (AvgIpc) is 2.74. The molecule has 28 heavy (non-hydrogen) atoms. The van der Waals surface area contributed by atoms with Crippen molar-refractivity contribution in [3.63, 3.8) is 0 Å². The standard InChI is InChI=1S/C23H30N2O2S/c1-2-27-21-10-12-22(13-11-21)28-18-23(26)24-16-19-6-8-20(9-7-19)17-25-14-4-3-5-15-25/h6-13H,2-5,14-18H2,1H3,(H,24,26)/p+1. The molecule has 0 radical (unpaired) electrons. The van der Waals surface area contributed by atoms with Gasteiger partial charge in [0.05, 0.1) is 25.4 Å². The third-order valence-corrected chi connectivity index (χ3v) is 6.04. The number of ether oxygens (including phenoxy) is 1. The summed E-state index contributed by atoms with van der Waals surface area (Å²) in [5, 5.41) is 3.01. The quantitative estimate of drug-likeness (QED) is 0.637. The monoisotopic (exact) mass is 399 g/mol. The molecular formula is C23H31N2O2S+. The van der Waals surface area contributed by atoms with Gasteiger partial charge >= 0.3 is 0 Å². The lowest BCUT2D eigenvalue weighted by Crippen LogP contribution is -3.11. The molecule has 5 heteroatoms. The molecule has 2 aromatic rings. The SMILES string of the molecule is CCOc1ccc(SCC(=O)NCc2ccc(C[NH+]3CCCCC3)cc2)cc1. The summed E-state index contributed by atoms with van der Waals surface area (Å²) in [6.07, 6.45) is 4.10. The smallest absolute Gasteiger partial charge is 0.230 e. The lowest BCUT2D eigenvalue weighted by Gasteiger charge is -2.23. The van der Waals surface area contributed by atoms with E-state index >= 15 is 0 Å². The Hall–Kier alpha value is -1.98. The van der Waals surface area contributed by atoms with Gasteiger partial charge in [-0.1, -0.05) is 24.3 Å². The molecule has 0 bridgehead atoms. The van der Waals surface area contributed by atoms with E-state index in [0.29, 0.717) is 18.9 Å². The third kappa shape index (κ3) is 6.88. The van der Waals surface area contributed by atoms with Crippen LogP contribution in [0, 0.1) is 0 Å². The molecule has 1 aliphatic rings. The van der Waals surface area contributed by atoms with Crippen molar-refractivity contribution < 1.29 is 14.4 Å². The van der Waals surface area contributed by atoms with E-state index in [1.165, 1.54) is 37.9 Å². The van der Waals surface area contributed by atoms with Gasteiger partial charge in [-0.3, -0.25) is 4.79 Å². The fraction of sp³-hybridized carbons (Fsp3) is 0.435. The fourth-order valence-corrected chi connectivity index (χ4v) is 4.22. The molecule has 1 aliphatic heterocycles. The second-order valence-electron chi connectivity index (χ2n) is 7.27. The van der Waals surface area contributed by atoms with Crippen LogP contribution in [-0.2, 0) is 17.9 Å². The molecular weight excluding hydrogens is 368 g/mol. The Morgan fingerprint density at radius 2 is 1.68 bits per heavy atom. The number of likely N-dealkylation sites (tertiary alicyclic amines) is 1. The Bertz CT molecular complexity index is 725. The van der Waals surface area contributed by atoms with Crippen molar-refractivity contribution in [3.8, 4) is 5.75 Å². The average molecular weight is 400 g/mol. The number of benzene rings is 2. The van der Waals surface area contributed by atoms with Crippen LogP contribution in [-0.4, -0.2) is 31.4 Å². The predicted octanol–water partition coefficient (Wildman–Crippen LogP) is 3.06. The van der Waals surface area contributed by atoms with Gasteiger partial charge in [-0.05, 0) is 56.0 Å². The molecule has 0 unspecified atom stereocenters. The van der Waals surface area contributed by atoms with Gasteiger partial charge < -0.3 is 15.0 Å². The van der Waals surface area contributed by atoms with Crippen LogP contribution < -0.4 is 15.0 Å². The molecule has 0 saturated carbocycles. The third-order valence-electron chi connectivity index (χ3n) is 5.03. The molecule has 4 nitrogen and oxygen atoms in total. The number of thioether (sulfide) groups is 1. The van der Waals surface area contributed by atoms with Crippen molar-refractivity contribution in [3.05, 3.63) is 59.7 Å². The van der Waals surface area contributed by atoms with Crippen LogP contribution in [0.5, 0.6) is 5.75 Å². The Balaban J connectivity index is 1.37. The maximum Gasteiger partial charge on any atom is 0.230 e. The molecule has 1 amide bonds. The Kier molecular flexibility index (Phi) is 8.24. The summed E-state index contributed by atoms with van der Waals surface area (Å²) >= 11 is 1.54. The zero-order valence-electron chi connectivity index (χ0n) is 16.7. The number of amides is 1. The van der Waals surface area contributed by atoms with Crippen molar-refractivity contribution >= 4 is 17.7 Å². The number of carbonyl (C=O) groups is 1. The summed E-state index contributed by atoms with van der Waals surface area (Å²) in [6.45, 7) is 6.92. The van der Waals surface area contributed by atoms with Crippen molar-refractivity contribution in [1.82, 2.24) is 5.32 Å². The maximum absolute atomic E-state index is 12.1. The molecule has 1 heterocycles. The first-order valence-corrected chi connectivity index (χ1v) is 11.3. The van der Waals surface area contributed by atoms with Crippen LogP contribution in [0.4, 0.5) is 0 Å². The summed E-state index contributed by atoms with van der Waals surface area (Å²) in [7, 11) is 0. The van der Waals surface area contributed by atoms with E-state index in [4.69, 9.17) is 4.74 Å². The minimum atomic E-state index is 0.0562. The Morgan fingerprint density at radius 3 is 2.36 bits per heavy atom. The minimum Gasteiger partial charge on any atom is -0.494 e. The number of piperidine rings is 1. The normalized spacial score (nSPS) is 14.6. The van der Waals surface area contributed by atoms with Gasteiger partial charge in [0.25, 0.3) is 0 Å². The highest BCUT2D eigenvalue weighted by atomic mass is 32.2. The molecule has 0 aliphatic carbocycles. The highest BCUT2D eigenvalue weighted by Gasteiger charge is 2.13. The van der Waals surface area contributed by atoms with Gasteiger partial charge in [0, 0.05) is 17.0 Å². The summed E-state index contributed by atoms with van der Waals surface area (Å²) in [5.74, 6) is 1.34. The van der Waals surface area contributed by atoms with Gasteiger partial charge in [0.15, 0.2) is 0 Å². The molecule has 1 fully saturated rings. The van der Waals surface area contributed by atoms with Crippen molar-refractivity contribution in [1.29, 1.82) is 0 Å². The van der Waals surface area contributed by atoms with E-state index in [2.05, 4.69) is 29.6 Å². The molecule has 0 spiro atoms. The van der Waals surface area contributed by atoms with Gasteiger partial charge in [0.2, 0.25) is 5.91 Å². The second kappa shape index (κ2) is 11.1. The zero-order valence-corrected chi connectivity index (χ0v) is 17.5. The Morgan fingerprint density at radius 1 is 1.00 bits per heavy atom. The first-order valence-electron chi connectivity index (χ1n) is 10.3. The van der Waals surface area contributed by atoms with Crippen LogP contribution in [0.2, 0.25) is 0 Å². The van der Waals surface area contributed by atoms with Crippen LogP contribution >= 0.6 is 11.8 Å². The number of hydrogen-bond donors (Lipinski definition) is 2. The fourth-order valence-electron chi connectivity index (χ4n) is 3.49. The van der Waals surface area contributed by atoms with Crippen molar-refractivity contribution in [2.45, 2.75) is 44.2 Å². The number of carbonyl (C=O) groups excluding carboxylic acids is 1. The maximum atomic E-state index is 12.1. The summed E-state index contributed by atoms with van der Waals surface area (Å²) in [5.41, 5.74) is 2.54. The van der Waals surface area contributed by atoms with Crippen LogP contribution in [0.3, 0.4) is 0 Å². The van der Waals surface area contributed by atoms with E-state index < -0.39 is 0 Å².